The van der Waals surface area contributed by atoms with Gasteiger partial charge < -0.3 is 5.32 Å². The van der Waals surface area contributed by atoms with Crippen LogP contribution in [-0.4, -0.2) is 28.7 Å². The molecule has 3 amide bonds. The van der Waals surface area contributed by atoms with Crippen LogP contribution in [0.2, 0.25) is 0 Å². The summed E-state index contributed by atoms with van der Waals surface area (Å²) in [5.74, 6) is -1.23. The van der Waals surface area contributed by atoms with Gasteiger partial charge in [-0.3, -0.25) is 29.8 Å². The van der Waals surface area contributed by atoms with Gasteiger partial charge in [0.15, 0.2) is 0 Å². The van der Waals surface area contributed by atoms with E-state index in [1.807, 2.05) is 0 Å². The molecule has 8 heteroatoms. The van der Waals surface area contributed by atoms with Crippen molar-refractivity contribution in [3.8, 4) is 0 Å². The molecule has 8 nitrogen and oxygen atoms in total. The lowest BCUT2D eigenvalue weighted by molar-refractivity contribution is -0.384. The van der Waals surface area contributed by atoms with Gasteiger partial charge in [-0.1, -0.05) is 12.1 Å². The molecule has 0 aromatic heterocycles. The third-order valence-corrected chi connectivity index (χ3v) is 3.09. The Labute approximate surface area is 119 Å². The summed E-state index contributed by atoms with van der Waals surface area (Å²) in [7, 11) is 0. The molecule has 1 heterocycles. The van der Waals surface area contributed by atoms with Crippen molar-refractivity contribution in [3.63, 3.8) is 0 Å². The number of non-ortho nitro benzene ring substituents is 1. The van der Waals surface area contributed by atoms with Crippen LogP contribution in [0.5, 0.6) is 0 Å². The number of carbonyl (C=O) groups excluding carboxylic acids is 3. The largest absolute Gasteiger partial charge is 0.344 e. The summed E-state index contributed by atoms with van der Waals surface area (Å²) in [6.07, 6.45) is 0.473. The number of imide groups is 1. The summed E-state index contributed by atoms with van der Waals surface area (Å²) in [6, 6.07) is 4.89. The average Bonchev–Trinajstić information content (AvgIpc) is 2.42. The van der Waals surface area contributed by atoms with Crippen LogP contribution in [-0.2, 0) is 20.8 Å². The van der Waals surface area contributed by atoms with Crippen LogP contribution in [0.1, 0.15) is 18.4 Å². The Balaban J connectivity index is 1.91. The average molecular weight is 291 g/mol. The van der Waals surface area contributed by atoms with E-state index in [1.54, 1.807) is 0 Å². The number of amides is 3. The topological polar surface area (TPSA) is 118 Å². The van der Waals surface area contributed by atoms with E-state index in [0.29, 0.717) is 5.56 Å². The summed E-state index contributed by atoms with van der Waals surface area (Å²) >= 11 is 0. The predicted molar refractivity (Wildman–Crippen MR) is 71.1 cm³/mol. The quantitative estimate of drug-likeness (QED) is 0.462. The predicted octanol–water partition coefficient (Wildman–Crippen LogP) is 0.0587. The van der Waals surface area contributed by atoms with Crippen LogP contribution >= 0.6 is 0 Å². The highest BCUT2D eigenvalue weighted by atomic mass is 16.6. The van der Waals surface area contributed by atoms with Gasteiger partial charge in [-0.25, -0.2) is 0 Å². The first-order valence-corrected chi connectivity index (χ1v) is 6.32. The summed E-state index contributed by atoms with van der Waals surface area (Å²) in [4.78, 5) is 44.3. The number of hydrogen-bond acceptors (Lipinski definition) is 5. The van der Waals surface area contributed by atoms with Crippen LogP contribution in [0.4, 0.5) is 5.69 Å². The molecule has 2 rings (SSSR count). The van der Waals surface area contributed by atoms with E-state index < -0.39 is 16.9 Å². The zero-order chi connectivity index (χ0) is 15.4. The number of nitro benzene ring substituents is 1. The second-order valence-electron chi connectivity index (χ2n) is 4.67. The van der Waals surface area contributed by atoms with Crippen molar-refractivity contribution in [2.24, 2.45) is 0 Å². The Bertz CT molecular complexity index is 596. The van der Waals surface area contributed by atoms with Gasteiger partial charge in [0.1, 0.15) is 6.04 Å². The van der Waals surface area contributed by atoms with E-state index in [9.17, 15) is 24.5 Å². The molecule has 1 aromatic rings. The third-order valence-electron chi connectivity index (χ3n) is 3.09. The van der Waals surface area contributed by atoms with Gasteiger partial charge in [0.25, 0.3) is 5.69 Å². The summed E-state index contributed by atoms with van der Waals surface area (Å²) in [5.41, 5.74) is 0.551. The van der Waals surface area contributed by atoms with Crippen LogP contribution in [0.3, 0.4) is 0 Å². The number of nitrogens with one attached hydrogen (secondary N) is 2. The van der Waals surface area contributed by atoms with E-state index in [4.69, 9.17) is 0 Å². The number of carbonyl (C=O) groups is 3. The van der Waals surface area contributed by atoms with Gasteiger partial charge >= 0.3 is 0 Å². The van der Waals surface area contributed by atoms with Crippen LogP contribution in [0, 0.1) is 10.1 Å². The zero-order valence-electron chi connectivity index (χ0n) is 11.0. The monoisotopic (exact) mass is 291 g/mol. The molecular weight excluding hydrogens is 278 g/mol. The molecule has 0 aliphatic carbocycles. The molecule has 21 heavy (non-hydrogen) atoms. The highest BCUT2D eigenvalue weighted by Crippen LogP contribution is 2.12. The minimum absolute atomic E-state index is 0.00964. The Kier molecular flexibility index (Phi) is 4.27. The Morgan fingerprint density at radius 3 is 2.57 bits per heavy atom. The molecule has 0 spiro atoms. The third kappa shape index (κ3) is 3.85. The van der Waals surface area contributed by atoms with E-state index >= 15 is 0 Å². The molecular formula is C13H13N3O5. The van der Waals surface area contributed by atoms with Gasteiger partial charge in [-0.05, 0) is 12.0 Å². The molecule has 1 atom stereocenters. The summed E-state index contributed by atoms with van der Waals surface area (Å²) < 4.78 is 0. The Morgan fingerprint density at radius 2 is 2.00 bits per heavy atom. The molecule has 0 saturated carbocycles. The van der Waals surface area contributed by atoms with E-state index in [-0.39, 0.29) is 36.8 Å². The van der Waals surface area contributed by atoms with Crippen molar-refractivity contribution in [2.75, 3.05) is 0 Å². The van der Waals surface area contributed by atoms with Crippen LogP contribution in [0.25, 0.3) is 0 Å². The normalized spacial score (nSPS) is 18.0. The lowest BCUT2D eigenvalue weighted by Crippen LogP contribution is -2.52. The SMILES string of the molecule is O=C1CCC(NC(=O)Cc2ccc([N+](=O)[O-])cc2)C(=O)N1. The van der Waals surface area contributed by atoms with E-state index in [1.165, 1.54) is 24.3 Å². The minimum atomic E-state index is -0.715. The number of nitro groups is 1. The smallest absolute Gasteiger partial charge is 0.269 e. The van der Waals surface area contributed by atoms with Gasteiger partial charge in [-0.15, -0.1) is 0 Å². The summed E-state index contributed by atoms with van der Waals surface area (Å²) in [5, 5.41) is 15.2. The van der Waals surface area contributed by atoms with Crippen molar-refractivity contribution >= 4 is 23.4 Å². The van der Waals surface area contributed by atoms with Gasteiger partial charge in [0.05, 0.1) is 11.3 Å². The van der Waals surface area contributed by atoms with Gasteiger partial charge in [0, 0.05) is 18.6 Å². The number of piperidine rings is 1. The first-order chi connectivity index (χ1) is 9.95. The molecule has 1 aromatic carbocycles. The van der Waals surface area contributed by atoms with Crippen molar-refractivity contribution in [1.82, 2.24) is 10.6 Å². The van der Waals surface area contributed by atoms with Gasteiger partial charge in [-0.2, -0.15) is 0 Å². The number of nitrogens with zero attached hydrogens (tertiary/aromatic N) is 1. The molecule has 1 aliphatic rings. The molecule has 1 unspecified atom stereocenters. The fourth-order valence-corrected chi connectivity index (χ4v) is 2.00. The molecule has 1 aliphatic heterocycles. The maximum absolute atomic E-state index is 11.8. The first-order valence-electron chi connectivity index (χ1n) is 6.32. The highest BCUT2D eigenvalue weighted by molar-refractivity contribution is 6.01. The maximum Gasteiger partial charge on any atom is 0.269 e. The van der Waals surface area contributed by atoms with Crippen molar-refractivity contribution in [3.05, 3.63) is 39.9 Å². The van der Waals surface area contributed by atoms with Crippen molar-refractivity contribution < 1.29 is 19.3 Å². The van der Waals surface area contributed by atoms with Gasteiger partial charge in [0.2, 0.25) is 17.7 Å². The van der Waals surface area contributed by atoms with Crippen molar-refractivity contribution in [2.45, 2.75) is 25.3 Å². The molecule has 0 radical (unpaired) electrons. The molecule has 0 bridgehead atoms. The fourth-order valence-electron chi connectivity index (χ4n) is 2.00. The number of hydrogen-bond donors (Lipinski definition) is 2. The fraction of sp³-hybridized carbons (Fsp3) is 0.308. The lowest BCUT2D eigenvalue weighted by atomic mass is 10.1. The van der Waals surface area contributed by atoms with Crippen molar-refractivity contribution in [1.29, 1.82) is 0 Å². The number of rotatable bonds is 4. The van der Waals surface area contributed by atoms with E-state index in [0.717, 1.165) is 0 Å². The molecule has 2 N–H and O–H groups in total. The van der Waals surface area contributed by atoms with Crippen LogP contribution < -0.4 is 10.6 Å². The second kappa shape index (κ2) is 6.12. The Hall–Kier alpha value is -2.77. The highest BCUT2D eigenvalue weighted by Gasteiger charge is 2.27. The minimum Gasteiger partial charge on any atom is -0.344 e. The van der Waals surface area contributed by atoms with Crippen LogP contribution in [0.15, 0.2) is 24.3 Å². The molecule has 1 fully saturated rings. The summed E-state index contributed by atoms with van der Waals surface area (Å²) in [6.45, 7) is 0. The van der Waals surface area contributed by atoms with E-state index in [2.05, 4.69) is 10.6 Å². The second-order valence-corrected chi connectivity index (χ2v) is 4.67. The standard InChI is InChI=1S/C13H13N3O5/c17-11-6-5-10(13(19)15-11)14-12(18)7-8-1-3-9(4-2-8)16(20)21/h1-4,10H,5-7H2,(H,14,18)(H,15,17,19). The first kappa shape index (κ1) is 14.6. The molecule has 1 saturated heterocycles. The maximum atomic E-state index is 11.8. The zero-order valence-corrected chi connectivity index (χ0v) is 11.0. The molecule has 110 valence electrons. The lowest BCUT2D eigenvalue weighted by Gasteiger charge is -2.21. The Morgan fingerprint density at radius 1 is 1.33 bits per heavy atom. The number of benzene rings is 1.